The predicted molar refractivity (Wildman–Crippen MR) is 92.7 cm³/mol. The SMILES string of the molecule is CC1CCC(C(=O)O)CN1C(=O)c1ccc(-c2ccccc2)cc1. The second-order valence-corrected chi connectivity index (χ2v) is 6.36. The molecule has 1 amide bonds. The van der Waals surface area contributed by atoms with E-state index >= 15 is 0 Å². The van der Waals surface area contributed by atoms with Crippen molar-refractivity contribution in [3.63, 3.8) is 0 Å². The number of benzene rings is 2. The van der Waals surface area contributed by atoms with Crippen LogP contribution in [0.1, 0.15) is 30.1 Å². The number of piperidine rings is 1. The number of rotatable bonds is 3. The fourth-order valence-electron chi connectivity index (χ4n) is 3.19. The molecule has 0 saturated carbocycles. The maximum atomic E-state index is 12.8. The van der Waals surface area contributed by atoms with E-state index in [0.29, 0.717) is 12.0 Å². The van der Waals surface area contributed by atoms with Crippen molar-refractivity contribution in [3.8, 4) is 11.1 Å². The van der Waals surface area contributed by atoms with E-state index in [1.54, 1.807) is 4.90 Å². The number of hydrogen-bond acceptors (Lipinski definition) is 2. The topological polar surface area (TPSA) is 57.6 Å². The molecule has 24 heavy (non-hydrogen) atoms. The fraction of sp³-hybridized carbons (Fsp3) is 0.300. The van der Waals surface area contributed by atoms with Gasteiger partial charge in [-0.3, -0.25) is 9.59 Å². The number of carboxylic acid groups (broad SMARTS) is 1. The molecule has 4 heteroatoms. The van der Waals surface area contributed by atoms with Crippen molar-refractivity contribution in [1.82, 2.24) is 4.90 Å². The number of nitrogens with zero attached hydrogens (tertiary/aromatic N) is 1. The molecule has 3 rings (SSSR count). The minimum absolute atomic E-state index is 0.0712. The molecule has 1 fully saturated rings. The molecule has 124 valence electrons. The Morgan fingerprint density at radius 1 is 0.958 bits per heavy atom. The van der Waals surface area contributed by atoms with E-state index in [1.165, 1.54) is 0 Å². The molecule has 2 atom stereocenters. The standard InChI is InChI=1S/C20H21NO3/c1-14-7-8-18(20(23)24)13-21(14)19(22)17-11-9-16(10-12-17)15-5-3-2-4-6-15/h2-6,9-12,14,18H,7-8,13H2,1H3,(H,23,24). The summed E-state index contributed by atoms with van der Waals surface area (Å²) in [5, 5.41) is 9.22. The third kappa shape index (κ3) is 3.32. The Kier molecular flexibility index (Phi) is 4.65. The van der Waals surface area contributed by atoms with Gasteiger partial charge in [0.15, 0.2) is 0 Å². The molecule has 1 aliphatic rings. The van der Waals surface area contributed by atoms with Crippen LogP contribution in [0.5, 0.6) is 0 Å². The van der Waals surface area contributed by atoms with Gasteiger partial charge < -0.3 is 10.0 Å². The first kappa shape index (κ1) is 16.2. The van der Waals surface area contributed by atoms with Gasteiger partial charge in [0.25, 0.3) is 5.91 Å². The molecular formula is C20H21NO3. The second-order valence-electron chi connectivity index (χ2n) is 6.36. The smallest absolute Gasteiger partial charge is 0.308 e. The Balaban J connectivity index is 1.78. The molecule has 4 nitrogen and oxygen atoms in total. The first-order valence-corrected chi connectivity index (χ1v) is 8.25. The van der Waals surface area contributed by atoms with Gasteiger partial charge in [0.2, 0.25) is 0 Å². The molecule has 0 aliphatic carbocycles. The van der Waals surface area contributed by atoms with Crippen molar-refractivity contribution >= 4 is 11.9 Å². The maximum Gasteiger partial charge on any atom is 0.308 e. The zero-order chi connectivity index (χ0) is 17.1. The highest BCUT2D eigenvalue weighted by Gasteiger charge is 2.32. The summed E-state index contributed by atoms with van der Waals surface area (Å²) in [5.74, 6) is -1.37. The normalized spacial score (nSPS) is 20.6. The molecule has 1 N–H and O–H groups in total. The quantitative estimate of drug-likeness (QED) is 0.937. The number of carbonyl (C=O) groups is 2. The first-order chi connectivity index (χ1) is 11.6. The molecule has 2 aromatic rings. The molecule has 2 aromatic carbocycles. The number of amides is 1. The van der Waals surface area contributed by atoms with Gasteiger partial charge in [0, 0.05) is 18.2 Å². The van der Waals surface area contributed by atoms with Crippen LogP contribution in [-0.2, 0) is 4.79 Å². The summed E-state index contributed by atoms with van der Waals surface area (Å²) >= 11 is 0. The lowest BCUT2D eigenvalue weighted by molar-refractivity contribution is -0.143. The van der Waals surface area contributed by atoms with Crippen LogP contribution in [0.4, 0.5) is 0 Å². The average molecular weight is 323 g/mol. The van der Waals surface area contributed by atoms with Gasteiger partial charge in [-0.1, -0.05) is 42.5 Å². The van der Waals surface area contributed by atoms with Crippen LogP contribution in [-0.4, -0.2) is 34.5 Å². The van der Waals surface area contributed by atoms with E-state index in [1.807, 2.05) is 61.5 Å². The van der Waals surface area contributed by atoms with Gasteiger partial charge in [-0.05, 0) is 43.0 Å². The lowest BCUT2D eigenvalue weighted by Crippen LogP contribution is -2.47. The maximum absolute atomic E-state index is 12.8. The van der Waals surface area contributed by atoms with E-state index in [9.17, 15) is 14.7 Å². The first-order valence-electron chi connectivity index (χ1n) is 8.25. The number of carboxylic acids is 1. The van der Waals surface area contributed by atoms with Crippen LogP contribution in [0.3, 0.4) is 0 Å². The fourth-order valence-corrected chi connectivity index (χ4v) is 3.19. The van der Waals surface area contributed by atoms with Crippen LogP contribution in [0, 0.1) is 5.92 Å². The van der Waals surface area contributed by atoms with E-state index < -0.39 is 11.9 Å². The molecule has 0 radical (unpaired) electrons. The third-order valence-electron chi connectivity index (χ3n) is 4.73. The molecule has 2 unspecified atom stereocenters. The summed E-state index contributed by atoms with van der Waals surface area (Å²) < 4.78 is 0. The van der Waals surface area contributed by atoms with Crippen molar-refractivity contribution < 1.29 is 14.7 Å². The van der Waals surface area contributed by atoms with Crippen molar-refractivity contribution in [2.24, 2.45) is 5.92 Å². The lowest BCUT2D eigenvalue weighted by Gasteiger charge is -2.36. The molecule has 0 spiro atoms. The van der Waals surface area contributed by atoms with Crippen LogP contribution in [0.25, 0.3) is 11.1 Å². The highest BCUT2D eigenvalue weighted by molar-refractivity contribution is 5.95. The Hall–Kier alpha value is -2.62. The molecule has 1 aliphatic heterocycles. The molecule has 0 aromatic heterocycles. The van der Waals surface area contributed by atoms with Crippen LogP contribution < -0.4 is 0 Å². The summed E-state index contributed by atoms with van der Waals surface area (Å²) in [7, 11) is 0. The van der Waals surface area contributed by atoms with Crippen LogP contribution in [0.2, 0.25) is 0 Å². The Bertz CT molecular complexity index is 724. The zero-order valence-corrected chi connectivity index (χ0v) is 13.7. The summed E-state index contributed by atoms with van der Waals surface area (Å²) in [6.07, 6.45) is 1.36. The number of carbonyl (C=O) groups excluding carboxylic acids is 1. The number of hydrogen-bond donors (Lipinski definition) is 1. The summed E-state index contributed by atoms with van der Waals surface area (Å²) in [6.45, 7) is 2.27. The van der Waals surface area contributed by atoms with Gasteiger partial charge >= 0.3 is 5.97 Å². The van der Waals surface area contributed by atoms with E-state index in [4.69, 9.17) is 0 Å². The Morgan fingerprint density at radius 3 is 2.21 bits per heavy atom. The third-order valence-corrected chi connectivity index (χ3v) is 4.73. The molecule has 1 heterocycles. The van der Waals surface area contributed by atoms with Crippen LogP contribution >= 0.6 is 0 Å². The van der Waals surface area contributed by atoms with Crippen molar-refractivity contribution in [2.75, 3.05) is 6.54 Å². The molecular weight excluding hydrogens is 302 g/mol. The van der Waals surface area contributed by atoms with Crippen molar-refractivity contribution in [1.29, 1.82) is 0 Å². The molecule has 1 saturated heterocycles. The Morgan fingerprint density at radius 2 is 1.58 bits per heavy atom. The zero-order valence-electron chi connectivity index (χ0n) is 13.7. The molecule has 0 bridgehead atoms. The summed E-state index contributed by atoms with van der Waals surface area (Å²) in [6, 6.07) is 17.6. The van der Waals surface area contributed by atoms with Gasteiger partial charge in [0.05, 0.1) is 5.92 Å². The lowest BCUT2D eigenvalue weighted by atomic mass is 9.92. The summed E-state index contributed by atoms with van der Waals surface area (Å²) in [5.41, 5.74) is 2.77. The average Bonchev–Trinajstić information content (AvgIpc) is 2.62. The largest absolute Gasteiger partial charge is 0.481 e. The number of likely N-dealkylation sites (tertiary alicyclic amines) is 1. The number of aliphatic carboxylic acids is 1. The van der Waals surface area contributed by atoms with Gasteiger partial charge in [-0.2, -0.15) is 0 Å². The van der Waals surface area contributed by atoms with Gasteiger partial charge in [-0.25, -0.2) is 0 Å². The highest BCUT2D eigenvalue weighted by atomic mass is 16.4. The second kappa shape index (κ2) is 6.87. The van der Waals surface area contributed by atoms with Crippen molar-refractivity contribution in [2.45, 2.75) is 25.8 Å². The van der Waals surface area contributed by atoms with Gasteiger partial charge in [-0.15, -0.1) is 0 Å². The minimum atomic E-state index is -0.820. The monoisotopic (exact) mass is 323 g/mol. The minimum Gasteiger partial charge on any atom is -0.481 e. The highest BCUT2D eigenvalue weighted by Crippen LogP contribution is 2.25. The van der Waals surface area contributed by atoms with Crippen molar-refractivity contribution in [3.05, 3.63) is 60.2 Å². The van der Waals surface area contributed by atoms with E-state index in [2.05, 4.69) is 0 Å². The van der Waals surface area contributed by atoms with E-state index in [0.717, 1.165) is 17.5 Å². The summed E-state index contributed by atoms with van der Waals surface area (Å²) in [4.78, 5) is 25.7. The Labute approximate surface area is 141 Å². The van der Waals surface area contributed by atoms with Crippen LogP contribution in [0.15, 0.2) is 54.6 Å². The van der Waals surface area contributed by atoms with E-state index in [-0.39, 0.29) is 18.5 Å². The van der Waals surface area contributed by atoms with Gasteiger partial charge in [0.1, 0.15) is 0 Å². The predicted octanol–water partition coefficient (Wildman–Crippen LogP) is 3.68.